The van der Waals surface area contributed by atoms with Crippen molar-refractivity contribution in [1.82, 2.24) is 9.55 Å². The van der Waals surface area contributed by atoms with Crippen LogP contribution in [-0.2, 0) is 0 Å². The number of imidazole rings is 1. The Kier molecular flexibility index (Phi) is 6.20. The van der Waals surface area contributed by atoms with Crippen LogP contribution in [0.2, 0.25) is 0 Å². The van der Waals surface area contributed by atoms with Gasteiger partial charge in [0.2, 0.25) is 0 Å². The van der Waals surface area contributed by atoms with Crippen LogP contribution in [0.15, 0.2) is 139 Å². The second kappa shape index (κ2) is 10.4. The molecule has 0 amide bonds. The number of rotatable bonds is 5. The minimum absolute atomic E-state index is 0.502. The van der Waals surface area contributed by atoms with Crippen LogP contribution in [0, 0.1) is 0 Å². The van der Waals surface area contributed by atoms with Gasteiger partial charge in [-0.05, 0) is 57.6 Å². The van der Waals surface area contributed by atoms with E-state index in [0.717, 1.165) is 28.1 Å². The maximum absolute atomic E-state index is 5.34. The van der Waals surface area contributed by atoms with Gasteiger partial charge in [-0.2, -0.15) is 0 Å². The van der Waals surface area contributed by atoms with Crippen molar-refractivity contribution in [3.8, 4) is 39.3 Å². The first-order valence-electron chi connectivity index (χ1n) is 14.8. The average molecular weight is 571 g/mol. The molecule has 2 nitrogen and oxygen atoms in total. The zero-order valence-corrected chi connectivity index (χ0v) is 25.0. The molecule has 3 heteroatoms. The first-order chi connectivity index (χ1) is 21.2. The van der Waals surface area contributed by atoms with E-state index in [4.69, 9.17) is 4.98 Å². The largest absolute Gasteiger partial charge is 0.291 e. The molecule has 0 fully saturated rings. The van der Waals surface area contributed by atoms with E-state index in [-0.39, 0.29) is 0 Å². The van der Waals surface area contributed by atoms with Gasteiger partial charge in [-0.1, -0.05) is 123 Å². The highest BCUT2D eigenvalue weighted by Crippen LogP contribution is 2.43. The van der Waals surface area contributed by atoms with Crippen molar-refractivity contribution in [2.45, 2.75) is 19.8 Å². The molecule has 0 atom stereocenters. The lowest BCUT2D eigenvalue weighted by Crippen LogP contribution is -2.03. The molecule has 0 aliphatic rings. The van der Waals surface area contributed by atoms with E-state index in [9.17, 15) is 0 Å². The molecule has 0 saturated carbocycles. The third kappa shape index (κ3) is 4.36. The lowest BCUT2D eigenvalue weighted by Gasteiger charge is -2.19. The minimum atomic E-state index is 0.502. The van der Waals surface area contributed by atoms with Gasteiger partial charge in [0.1, 0.15) is 5.82 Å². The topological polar surface area (TPSA) is 17.8 Å². The van der Waals surface area contributed by atoms with Crippen molar-refractivity contribution in [3.05, 3.63) is 144 Å². The van der Waals surface area contributed by atoms with E-state index in [0.29, 0.717) is 5.92 Å². The summed E-state index contributed by atoms with van der Waals surface area (Å²) < 4.78 is 3.68. The number of nitrogens with zero attached hydrogens (tertiary/aromatic N) is 2. The molecule has 0 unspecified atom stereocenters. The molecule has 0 aliphatic heterocycles. The Bertz CT molecular complexity index is 2200. The average Bonchev–Trinajstić information content (AvgIpc) is 3.64. The Labute approximate surface area is 255 Å². The third-order valence-corrected chi connectivity index (χ3v) is 9.40. The summed E-state index contributed by atoms with van der Waals surface area (Å²) in [6, 6.07) is 48.2. The zero-order chi connectivity index (χ0) is 28.9. The van der Waals surface area contributed by atoms with Crippen LogP contribution in [0.25, 0.3) is 71.2 Å². The van der Waals surface area contributed by atoms with E-state index in [1.165, 1.54) is 48.7 Å². The Morgan fingerprint density at radius 2 is 1.28 bits per heavy atom. The van der Waals surface area contributed by atoms with Crippen molar-refractivity contribution in [2.24, 2.45) is 0 Å². The summed E-state index contributed by atoms with van der Waals surface area (Å²) in [5.41, 5.74) is 10.5. The second-order valence-corrected chi connectivity index (χ2v) is 12.4. The predicted octanol–water partition coefficient (Wildman–Crippen LogP) is 11.5. The quantitative estimate of drug-likeness (QED) is 0.201. The molecule has 0 spiro atoms. The Morgan fingerprint density at radius 3 is 1.98 bits per heavy atom. The molecule has 43 heavy (non-hydrogen) atoms. The van der Waals surface area contributed by atoms with Crippen molar-refractivity contribution in [3.63, 3.8) is 0 Å². The fourth-order valence-corrected chi connectivity index (χ4v) is 7.21. The molecule has 2 aromatic heterocycles. The Morgan fingerprint density at radius 1 is 0.605 bits per heavy atom. The SMILES string of the molecule is CC(C)c1ccc2cc3c(-c4nc5ccccc5n4-c4c(-c5ccccc5)cccc4-c4ccccc4)csc3cc2c1. The third-order valence-electron chi connectivity index (χ3n) is 8.45. The number of benzene rings is 6. The van der Waals surface area contributed by atoms with Crippen molar-refractivity contribution in [2.75, 3.05) is 0 Å². The Hall–Kier alpha value is -4.99. The normalized spacial score (nSPS) is 11.7. The van der Waals surface area contributed by atoms with Gasteiger partial charge in [0.25, 0.3) is 0 Å². The van der Waals surface area contributed by atoms with Gasteiger partial charge in [0.05, 0.1) is 16.7 Å². The number of hydrogen-bond acceptors (Lipinski definition) is 2. The summed E-state index contributed by atoms with van der Waals surface area (Å²) in [6.07, 6.45) is 0. The van der Waals surface area contributed by atoms with E-state index in [1.54, 1.807) is 11.3 Å². The van der Waals surface area contributed by atoms with Gasteiger partial charge in [-0.15, -0.1) is 11.3 Å². The van der Waals surface area contributed by atoms with Crippen LogP contribution in [0.4, 0.5) is 0 Å². The van der Waals surface area contributed by atoms with E-state index >= 15 is 0 Å². The molecule has 2 heterocycles. The molecular formula is C40H30N2S. The maximum Gasteiger partial charge on any atom is 0.147 e. The molecule has 0 N–H and O–H groups in total. The van der Waals surface area contributed by atoms with Gasteiger partial charge in [-0.3, -0.25) is 4.57 Å². The molecular weight excluding hydrogens is 541 g/mol. The van der Waals surface area contributed by atoms with Crippen LogP contribution >= 0.6 is 11.3 Å². The lowest BCUT2D eigenvalue weighted by atomic mass is 9.95. The number of aromatic nitrogens is 2. The Balaban J connectivity index is 1.45. The molecule has 8 aromatic rings. The minimum Gasteiger partial charge on any atom is -0.291 e. The van der Waals surface area contributed by atoms with Gasteiger partial charge in [0.15, 0.2) is 0 Å². The first-order valence-corrected chi connectivity index (χ1v) is 15.7. The van der Waals surface area contributed by atoms with Crippen LogP contribution in [0.1, 0.15) is 25.3 Å². The monoisotopic (exact) mass is 570 g/mol. The molecule has 0 bridgehead atoms. The zero-order valence-electron chi connectivity index (χ0n) is 24.2. The smallest absolute Gasteiger partial charge is 0.147 e. The molecule has 8 rings (SSSR count). The van der Waals surface area contributed by atoms with E-state index < -0.39 is 0 Å². The fraction of sp³-hybridized carbons (Fsp3) is 0.0750. The maximum atomic E-state index is 5.34. The molecule has 0 radical (unpaired) electrons. The summed E-state index contributed by atoms with van der Waals surface area (Å²) in [5, 5.41) is 6.08. The van der Waals surface area contributed by atoms with Crippen LogP contribution in [0.3, 0.4) is 0 Å². The fourth-order valence-electron chi connectivity index (χ4n) is 6.24. The van der Waals surface area contributed by atoms with Gasteiger partial charge < -0.3 is 0 Å². The lowest BCUT2D eigenvalue weighted by molar-refractivity contribution is 0.869. The van der Waals surface area contributed by atoms with Crippen molar-refractivity contribution >= 4 is 43.2 Å². The standard InChI is InChI=1S/C40H30N2S/c1-26(2)29-20-21-30-23-34-35(25-43-38(34)24-31(30)22-29)40-41-36-18-9-10-19-37(36)42(40)39-32(27-12-5-3-6-13-27)16-11-17-33(39)28-14-7-4-8-15-28/h3-26H,1-2H3. The molecule has 206 valence electrons. The summed E-state index contributed by atoms with van der Waals surface area (Å²) >= 11 is 1.80. The van der Waals surface area contributed by atoms with E-state index in [2.05, 4.69) is 157 Å². The van der Waals surface area contributed by atoms with Crippen LogP contribution in [-0.4, -0.2) is 9.55 Å². The summed E-state index contributed by atoms with van der Waals surface area (Å²) in [5.74, 6) is 1.47. The van der Waals surface area contributed by atoms with Crippen molar-refractivity contribution < 1.29 is 0 Å². The highest BCUT2D eigenvalue weighted by molar-refractivity contribution is 7.17. The second-order valence-electron chi connectivity index (χ2n) is 11.5. The van der Waals surface area contributed by atoms with Crippen LogP contribution in [0.5, 0.6) is 0 Å². The predicted molar refractivity (Wildman–Crippen MR) is 184 cm³/mol. The van der Waals surface area contributed by atoms with Gasteiger partial charge in [0, 0.05) is 32.2 Å². The molecule has 0 saturated heterocycles. The number of thiophene rings is 1. The summed E-state index contributed by atoms with van der Waals surface area (Å²) in [6.45, 7) is 4.51. The first kappa shape index (κ1) is 25.7. The van der Waals surface area contributed by atoms with Gasteiger partial charge in [-0.25, -0.2) is 4.98 Å². The highest BCUT2D eigenvalue weighted by atomic mass is 32.1. The van der Waals surface area contributed by atoms with Crippen molar-refractivity contribution in [1.29, 1.82) is 0 Å². The highest BCUT2D eigenvalue weighted by Gasteiger charge is 2.23. The van der Waals surface area contributed by atoms with Gasteiger partial charge >= 0.3 is 0 Å². The van der Waals surface area contributed by atoms with Crippen LogP contribution < -0.4 is 0 Å². The number of fused-ring (bicyclic) bond motifs is 3. The number of para-hydroxylation sites is 3. The molecule has 6 aromatic carbocycles. The summed E-state index contributed by atoms with van der Waals surface area (Å²) in [7, 11) is 0. The number of hydrogen-bond donors (Lipinski definition) is 0. The summed E-state index contributed by atoms with van der Waals surface area (Å²) in [4.78, 5) is 5.34. The molecule has 0 aliphatic carbocycles. The van der Waals surface area contributed by atoms with E-state index in [1.807, 2.05) is 0 Å².